The number of carbonyl (C=O) groups is 7. The summed E-state index contributed by atoms with van der Waals surface area (Å²) < 4.78 is 61.7. The van der Waals surface area contributed by atoms with Crippen molar-refractivity contribution < 1.29 is 86.0 Å². The van der Waals surface area contributed by atoms with E-state index >= 15 is 0 Å². The third kappa shape index (κ3) is 13.8. The number of carbonyl (C=O) groups excluding carboxylic acids is 7. The Hall–Kier alpha value is -9.33. The SMILES string of the molecule is O=C(OC[C@H]1O[C@H](O[C@@H]2C(O)O[C@H](COC(=O)c3ccccc3)[C@@H](OC(=O)c3ccccc3)[C@@H]2OC(=O)c2ccccc2)[C@@H](OC(=O)c2ccccc2)[C@@H](OC(=O)c2ccccc2)[C@@H]1OC(=O)c1ccccc1)c1ccccc1. The highest BCUT2D eigenvalue weighted by molar-refractivity contribution is 5.93. The van der Waals surface area contributed by atoms with Crippen LogP contribution in [0.15, 0.2) is 212 Å². The lowest BCUT2D eigenvalue weighted by molar-refractivity contribution is -0.358. The molecule has 0 aromatic heterocycles. The number of aliphatic hydroxyl groups excluding tert-OH is 1. The number of hydrogen-bond acceptors (Lipinski definition) is 18. The molecule has 0 saturated carbocycles. The standard InChI is InChI=1S/C61H50O18/c62-53(38-22-8-1-9-23-38)70-36-45-47(74-55(64)40-26-12-3-13-27-40)49(76-57(66)42-30-16-5-17-31-42)51(60(69)72-45)79-61-52(78-59(68)44-34-20-7-21-35-44)50(77-58(67)43-32-18-6-19-33-43)48(75-56(65)41-28-14-4-15-29-41)46(73-61)37-71-54(63)39-24-10-2-11-25-39/h1-35,45-52,60-61,69H,36-37H2/t45-,46-,47-,48-,49+,50+,51+,52+,60?,61-/m1/s1. The van der Waals surface area contributed by atoms with Crippen molar-refractivity contribution in [3.8, 4) is 0 Å². The van der Waals surface area contributed by atoms with E-state index in [-0.39, 0.29) is 38.9 Å². The highest BCUT2D eigenvalue weighted by atomic mass is 16.8. The average Bonchev–Trinajstić information content (AvgIpc) is 3.58. The first-order chi connectivity index (χ1) is 38.5. The van der Waals surface area contributed by atoms with Crippen molar-refractivity contribution in [3.05, 3.63) is 251 Å². The van der Waals surface area contributed by atoms with Crippen molar-refractivity contribution in [2.24, 2.45) is 0 Å². The maximum atomic E-state index is 14.4. The molecule has 2 heterocycles. The Morgan fingerprint density at radius 1 is 0.304 bits per heavy atom. The van der Waals surface area contributed by atoms with Gasteiger partial charge < -0.3 is 52.5 Å². The number of benzene rings is 7. The van der Waals surface area contributed by atoms with Gasteiger partial charge in [-0.25, -0.2) is 33.6 Å². The summed E-state index contributed by atoms with van der Waals surface area (Å²) in [6.07, 6.45) is -19.0. The summed E-state index contributed by atoms with van der Waals surface area (Å²) in [6, 6.07) is 54.2. The highest BCUT2D eigenvalue weighted by Gasteiger charge is 2.58. The number of aliphatic hydroxyl groups is 1. The Labute approximate surface area is 452 Å². The van der Waals surface area contributed by atoms with Crippen LogP contribution in [-0.2, 0) is 47.4 Å². The van der Waals surface area contributed by atoms with Crippen LogP contribution in [0.5, 0.6) is 0 Å². The van der Waals surface area contributed by atoms with Crippen molar-refractivity contribution in [2.75, 3.05) is 13.2 Å². The summed E-state index contributed by atoms with van der Waals surface area (Å²) in [5, 5.41) is 12.2. The van der Waals surface area contributed by atoms with E-state index in [2.05, 4.69) is 0 Å². The molecule has 0 bridgehead atoms. The zero-order chi connectivity index (χ0) is 55.1. The van der Waals surface area contributed by atoms with Crippen molar-refractivity contribution >= 4 is 41.8 Å². The Morgan fingerprint density at radius 3 is 0.848 bits per heavy atom. The lowest BCUT2D eigenvalue weighted by atomic mass is 9.96. The number of rotatable bonds is 18. The molecule has 2 aliphatic heterocycles. The molecule has 18 nitrogen and oxygen atoms in total. The van der Waals surface area contributed by atoms with Crippen LogP contribution in [0, 0.1) is 0 Å². The van der Waals surface area contributed by atoms with Gasteiger partial charge in [-0.05, 0) is 84.9 Å². The van der Waals surface area contributed by atoms with Crippen LogP contribution >= 0.6 is 0 Å². The van der Waals surface area contributed by atoms with Crippen molar-refractivity contribution in [1.82, 2.24) is 0 Å². The zero-order valence-corrected chi connectivity index (χ0v) is 41.8. The average molecular weight is 1070 g/mol. The van der Waals surface area contributed by atoms with Gasteiger partial charge in [0.15, 0.2) is 49.2 Å². The Morgan fingerprint density at radius 2 is 0.544 bits per heavy atom. The van der Waals surface area contributed by atoms with Gasteiger partial charge in [0.25, 0.3) is 0 Å². The summed E-state index contributed by atoms with van der Waals surface area (Å²) in [7, 11) is 0. The van der Waals surface area contributed by atoms with E-state index in [9.17, 15) is 38.7 Å². The van der Waals surface area contributed by atoms with Crippen molar-refractivity contribution in [1.29, 1.82) is 0 Å². The fourth-order valence-electron chi connectivity index (χ4n) is 8.59. The highest BCUT2D eigenvalue weighted by Crippen LogP contribution is 2.36. The summed E-state index contributed by atoms with van der Waals surface area (Å²) in [4.78, 5) is 98.3. The first-order valence-electron chi connectivity index (χ1n) is 24.9. The smallest absolute Gasteiger partial charge is 0.338 e. The van der Waals surface area contributed by atoms with Crippen LogP contribution in [0.2, 0.25) is 0 Å². The molecule has 10 atom stereocenters. The Bertz CT molecular complexity index is 3170. The van der Waals surface area contributed by atoms with E-state index in [4.69, 9.17) is 47.4 Å². The molecule has 0 radical (unpaired) electrons. The summed E-state index contributed by atoms with van der Waals surface area (Å²) >= 11 is 0. The molecule has 402 valence electrons. The van der Waals surface area contributed by atoms with Crippen LogP contribution in [0.3, 0.4) is 0 Å². The molecule has 2 saturated heterocycles. The molecule has 1 N–H and O–H groups in total. The van der Waals surface area contributed by atoms with E-state index in [1.54, 1.807) is 127 Å². The lowest BCUT2D eigenvalue weighted by Gasteiger charge is -2.48. The van der Waals surface area contributed by atoms with Gasteiger partial charge in [0.2, 0.25) is 0 Å². The van der Waals surface area contributed by atoms with E-state index in [0.29, 0.717) is 0 Å². The predicted molar refractivity (Wildman–Crippen MR) is 276 cm³/mol. The second kappa shape index (κ2) is 26.1. The molecule has 2 fully saturated rings. The van der Waals surface area contributed by atoms with Gasteiger partial charge in [0, 0.05) is 0 Å². The van der Waals surface area contributed by atoms with Crippen LogP contribution in [0.4, 0.5) is 0 Å². The van der Waals surface area contributed by atoms with Crippen LogP contribution in [-0.4, -0.2) is 122 Å². The molecular weight excluding hydrogens is 1020 g/mol. The monoisotopic (exact) mass is 1070 g/mol. The van der Waals surface area contributed by atoms with Gasteiger partial charge in [-0.15, -0.1) is 0 Å². The van der Waals surface area contributed by atoms with Crippen LogP contribution < -0.4 is 0 Å². The van der Waals surface area contributed by atoms with Crippen molar-refractivity contribution in [2.45, 2.75) is 61.4 Å². The second-order valence-electron chi connectivity index (χ2n) is 17.8. The summed E-state index contributed by atoms with van der Waals surface area (Å²) in [6.45, 7) is -1.44. The van der Waals surface area contributed by atoms with Gasteiger partial charge >= 0.3 is 41.8 Å². The first kappa shape index (κ1) is 54.5. The van der Waals surface area contributed by atoms with Gasteiger partial charge in [-0.3, -0.25) is 0 Å². The third-order valence-corrected chi connectivity index (χ3v) is 12.5. The Balaban J connectivity index is 1.16. The van der Waals surface area contributed by atoms with E-state index in [1.165, 1.54) is 84.9 Å². The van der Waals surface area contributed by atoms with Gasteiger partial charge in [-0.2, -0.15) is 0 Å². The van der Waals surface area contributed by atoms with E-state index in [0.717, 1.165) is 0 Å². The molecule has 7 aromatic rings. The number of ether oxygens (including phenoxy) is 10. The topological polar surface area (TPSA) is 232 Å². The summed E-state index contributed by atoms with van der Waals surface area (Å²) in [5.41, 5.74) is 0.342. The third-order valence-electron chi connectivity index (χ3n) is 12.5. The van der Waals surface area contributed by atoms with E-state index < -0.39 is 116 Å². The first-order valence-corrected chi connectivity index (χ1v) is 24.9. The Kier molecular flexibility index (Phi) is 18.0. The predicted octanol–water partition coefficient (Wildman–Crippen LogP) is 7.66. The van der Waals surface area contributed by atoms with Crippen molar-refractivity contribution in [3.63, 3.8) is 0 Å². The fraction of sp³-hybridized carbons (Fsp3) is 0.197. The van der Waals surface area contributed by atoms with E-state index in [1.807, 2.05) is 0 Å². The number of esters is 7. The largest absolute Gasteiger partial charge is 0.459 e. The number of hydrogen-bond donors (Lipinski definition) is 1. The maximum Gasteiger partial charge on any atom is 0.338 e. The molecule has 2 aliphatic rings. The summed E-state index contributed by atoms with van der Waals surface area (Å²) in [5.74, 6) is -6.66. The maximum absolute atomic E-state index is 14.4. The second-order valence-corrected chi connectivity index (χ2v) is 17.8. The minimum absolute atomic E-state index is 0.00210. The molecule has 79 heavy (non-hydrogen) atoms. The molecule has 1 unspecified atom stereocenters. The normalized spacial score (nSPS) is 22.4. The van der Waals surface area contributed by atoms with Crippen LogP contribution in [0.25, 0.3) is 0 Å². The molecule has 0 spiro atoms. The quantitative estimate of drug-likeness (QED) is 0.0642. The molecule has 0 amide bonds. The molecule has 18 heteroatoms. The molecular formula is C61H50O18. The molecule has 0 aliphatic carbocycles. The van der Waals surface area contributed by atoms with Gasteiger partial charge in [-0.1, -0.05) is 127 Å². The lowest BCUT2D eigenvalue weighted by Crippen LogP contribution is -2.67. The van der Waals surface area contributed by atoms with Crippen LogP contribution in [0.1, 0.15) is 72.5 Å². The van der Waals surface area contributed by atoms with Gasteiger partial charge in [0.1, 0.15) is 25.4 Å². The molecule has 9 rings (SSSR count). The fourth-order valence-corrected chi connectivity index (χ4v) is 8.59. The molecule has 7 aromatic carbocycles. The zero-order valence-electron chi connectivity index (χ0n) is 41.8. The van der Waals surface area contributed by atoms with Gasteiger partial charge in [0.05, 0.1) is 38.9 Å². The minimum Gasteiger partial charge on any atom is -0.459 e. The minimum atomic E-state index is -2.21.